The molecule has 4 rings (SSSR count). The van der Waals surface area contributed by atoms with Crippen LogP contribution in [0.2, 0.25) is 0 Å². The summed E-state index contributed by atoms with van der Waals surface area (Å²) in [5, 5.41) is 10.5. The van der Waals surface area contributed by atoms with Crippen LogP contribution in [0.5, 0.6) is 0 Å². The van der Waals surface area contributed by atoms with Crippen LogP contribution in [0.3, 0.4) is 0 Å². The first-order chi connectivity index (χ1) is 14.6. The van der Waals surface area contributed by atoms with E-state index in [0.29, 0.717) is 45.4 Å². The number of hydrogen-bond donors (Lipinski definition) is 2. The largest absolute Gasteiger partial charge is 0.355 e. The number of likely N-dealkylation sites (tertiary alicyclic amines) is 1. The maximum Gasteiger partial charge on any atom is 0.230 e. The third-order valence-electron chi connectivity index (χ3n) is 5.49. The third kappa shape index (κ3) is 4.56. The molecule has 2 aromatic heterocycles. The van der Waals surface area contributed by atoms with Gasteiger partial charge < -0.3 is 19.8 Å². The van der Waals surface area contributed by atoms with Crippen molar-refractivity contribution in [3.05, 3.63) is 66.8 Å². The van der Waals surface area contributed by atoms with Gasteiger partial charge in [0.2, 0.25) is 11.8 Å². The number of carbonyl (C=O) groups is 2. The topological polar surface area (TPSA) is 109 Å². The van der Waals surface area contributed by atoms with E-state index in [-0.39, 0.29) is 11.8 Å². The molecule has 0 bridgehead atoms. The van der Waals surface area contributed by atoms with Crippen LogP contribution < -0.4 is 5.32 Å². The Labute approximate surface area is 174 Å². The van der Waals surface area contributed by atoms with Crippen LogP contribution in [0.4, 0.5) is 0 Å². The number of aryl methyl sites for hydroxylation is 1. The van der Waals surface area contributed by atoms with Gasteiger partial charge in [-0.25, -0.2) is 4.98 Å². The Kier molecular flexibility index (Phi) is 5.87. The minimum atomic E-state index is -0.596. The molecule has 9 nitrogen and oxygen atoms in total. The van der Waals surface area contributed by atoms with E-state index in [1.54, 1.807) is 34.6 Å². The normalized spacial score (nSPS) is 14.9. The van der Waals surface area contributed by atoms with Crippen molar-refractivity contribution < 1.29 is 9.59 Å². The van der Waals surface area contributed by atoms with Crippen molar-refractivity contribution in [1.82, 2.24) is 34.9 Å². The molecule has 1 aliphatic heterocycles. The van der Waals surface area contributed by atoms with Crippen molar-refractivity contribution >= 4 is 11.8 Å². The summed E-state index contributed by atoms with van der Waals surface area (Å²) < 4.78 is 1.77. The highest BCUT2D eigenvalue weighted by Gasteiger charge is 2.50. The zero-order valence-electron chi connectivity index (χ0n) is 16.7. The van der Waals surface area contributed by atoms with Gasteiger partial charge in [0.15, 0.2) is 0 Å². The van der Waals surface area contributed by atoms with E-state index in [1.165, 1.54) is 0 Å². The molecule has 0 saturated carbocycles. The Hall–Kier alpha value is -3.49. The Morgan fingerprint density at radius 2 is 1.90 bits per heavy atom. The molecular formula is C21H25N7O2. The fraction of sp³-hybridized carbons (Fsp3) is 0.381. The number of nitrogens with one attached hydrogen (secondary N) is 2. The average Bonchev–Trinajstić information content (AvgIpc) is 3.43. The highest BCUT2D eigenvalue weighted by Crippen LogP contribution is 2.35. The average molecular weight is 407 g/mol. The van der Waals surface area contributed by atoms with Crippen LogP contribution in [0.15, 0.2) is 55.5 Å². The minimum Gasteiger partial charge on any atom is -0.355 e. The number of aromatic nitrogens is 5. The second-order valence-electron chi connectivity index (χ2n) is 7.72. The second kappa shape index (κ2) is 8.89. The standard InChI is InChI=1S/C21H25N7O2/c29-19(7-9-27-15-25-26-16-27)28-12-21(13-28,10-17-4-2-1-3-5-17)20(30)23-8-6-18-11-22-14-24-18/h1-5,11,14-16H,6-10,12-13H2,(H,22,24)(H,23,30). The zero-order valence-corrected chi connectivity index (χ0v) is 16.7. The number of imidazole rings is 1. The molecule has 0 radical (unpaired) electrons. The summed E-state index contributed by atoms with van der Waals surface area (Å²) in [6, 6.07) is 9.95. The van der Waals surface area contributed by atoms with E-state index in [2.05, 4.69) is 25.5 Å². The van der Waals surface area contributed by atoms with Crippen LogP contribution in [0.25, 0.3) is 0 Å². The maximum absolute atomic E-state index is 13.1. The molecule has 1 fully saturated rings. The van der Waals surface area contributed by atoms with E-state index >= 15 is 0 Å². The summed E-state index contributed by atoms with van der Waals surface area (Å²) in [4.78, 5) is 34.5. The third-order valence-corrected chi connectivity index (χ3v) is 5.49. The predicted octanol–water partition coefficient (Wildman–Crippen LogP) is 0.822. The number of carbonyl (C=O) groups excluding carboxylic acids is 2. The van der Waals surface area contributed by atoms with Gasteiger partial charge in [0.1, 0.15) is 12.7 Å². The lowest BCUT2D eigenvalue weighted by molar-refractivity contribution is -0.153. The van der Waals surface area contributed by atoms with Gasteiger partial charge in [-0.3, -0.25) is 9.59 Å². The van der Waals surface area contributed by atoms with Crippen molar-refractivity contribution in [2.75, 3.05) is 19.6 Å². The maximum atomic E-state index is 13.1. The molecule has 1 aromatic carbocycles. The first-order valence-electron chi connectivity index (χ1n) is 10.0. The number of H-pyrrole nitrogens is 1. The summed E-state index contributed by atoms with van der Waals surface area (Å²) in [7, 11) is 0. The molecule has 9 heteroatoms. The van der Waals surface area contributed by atoms with Crippen LogP contribution in [-0.4, -0.2) is 61.1 Å². The van der Waals surface area contributed by atoms with E-state index < -0.39 is 5.41 Å². The molecule has 1 saturated heterocycles. The summed E-state index contributed by atoms with van der Waals surface area (Å²) in [6.45, 7) is 1.92. The molecule has 0 aliphatic carbocycles. The molecule has 0 unspecified atom stereocenters. The number of aromatic amines is 1. The zero-order chi connectivity index (χ0) is 20.8. The Morgan fingerprint density at radius 3 is 2.60 bits per heavy atom. The quantitative estimate of drug-likeness (QED) is 0.546. The van der Waals surface area contributed by atoms with Crippen molar-refractivity contribution in [2.45, 2.75) is 25.8 Å². The summed E-state index contributed by atoms with van der Waals surface area (Å²) in [5.74, 6) is 0.0337. The predicted molar refractivity (Wildman–Crippen MR) is 109 cm³/mol. The van der Waals surface area contributed by atoms with Crippen LogP contribution in [-0.2, 0) is 29.0 Å². The fourth-order valence-corrected chi connectivity index (χ4v) is 3.82. The van der Waals surface area contributed by atoms with Gasteiger partial charge in [0.05, 0.1) is 11.7 Å². The first-order valence-corrected chi connectivity index (χ1v) is 10.0. The molecule has 2 amide bonds. The minimum absolute atomic E-state index is 0.00581. The summed E-state index contributed by atoms with van der Waals surface area (Å²) >= 11 is 0. The lowest BCUT2D eigenvalue weighted by atomic mass is 9.73. The molecule has 0 spiro atoms. The van der Waals surface area contributed by atoms with Gasteiger partial charge in [-0.15, -0.1) is 10.2 Å². The first kappa shape index (κ1) is 19.8. The number of benzene rings is 1. The number of nitrogens with zero attached hydrogens (tertiary/aromatic N) is 5. The summed E-state index contributed by atoms with van der Waals surface area (Å²) in [5.41, 5.74) is 1.48. The number of hydrogen-bond acceptors (Lipinski definition) is 5. The lowest BCUT2D eigenvalue weighted by Crippen LogP contribution is -2.65. The van der Waals surface area contributed by atoms with E-state index in [4.69, 9.17) is 0 Å². The Balaban J connectivity index is 1.36. The number of amides is 2. The second-order valence-corrected chi connectivity index (χ2v) is 7.72. The molecule has 30 heavy (non-hydrogen) atoms. The van der Waals surface area contributed by atoms with Crippen LogP contribution >= 0.6 is 0 Å². The van der Waals surface area contributed by atoms with Gasteiger partial charge in [0, 0.05) is 50.9 Å². The smallest absolute Gasteiger partial charge is 0.230 e. The Bertz CT molecular complexity index is 949. The van der Waals surface area contributed by atoms with Gasteiger partial charge in [-0.1, -0.05) is 30.3 Å². The molecule has 1 aliphatic rings. The fourth-order valence-electron chi connectivity index (χ4n) is 3.82. The number of rotatable bonds is 9. The molecular weight excluding hydrogens is 382 g/mol. The molecule has 3 heterocycles. The monoisotopic (exact) mass is 407 g/mol. The van der Waals surface area contributed by atoms with E-state index in [1.807, 2.05) is 30.3 Å². The highest BCUT2D eigenvalue weighted by molar-refractivity contribution is 5.88. The van der Waals surface area contributed by atoms with Crippen molar-refractivity contribution in [2.24, 2.45) is 5.41 Å². The molecule has 0 atom stereocenters. The SMILES string of the molecule is O=C(CCn1cnnc1)N1CC(Cc2ccccc2)(C(=O)NCCc2cnc[nH]2)C1. The molecule has 156 valence electrons. The highest BCUT2D eigenvalue weighted by atomic mass is 16.2. The van der Waals surface area contributed by atoms with Gasteiger partial charge in [-0.2, -0.15) is 0 Å². The lowest BCUT2D eigenvalue weighted by Gasteiger charge is -2.49. The van der Waals surface area contributed by atoms with Crippen molar-refractivity contribution in [1.29, 1.82) is 0 Å². The van der Waals surface area contributed by atoms with E-state index in [9.17, 15) is 9.59 Å². The van der Waals surface area contributed by atoms with Crippen molar-refractivity contribution in [3.8, 4) is 0 Å². The van der Waals surface area contributed by atoms with Crippen molar-refractivity contribution in [3.63, 3.8) is 0 Å². The Morgan fingerprint density at radius 1 is 1.13 bits per heavy atom. The van der Waals surface area contributed by atoms with Crippen LogP contribution in [0.1, 0.15) is 17.7 Å². The van der Waals surface area contributed by atoms with Gasteiger partial charge in [0.25, 0.3) is 0 Å². The molecule has 2 N–H and O–H groups in total. The van der Waals surface area contributed by atoms with E-state index in [0.717, 1.165) is 11.3 Å². The summed E-state index contributed by atoms with van der Waals surface area (Å²) in [6.07, 6.45) is 8.23. The van der Waals surface area contributed by atoms with Gasteiger partial charge in [-0.05, 0) is 12.0 Å². The van der Waals surface area contributed by atoms with Crippen LogP contribution in [0, 0.1) is 5.41 Å². The molecule has 3 aromatic rings. The van der Waals surface area contributed by atoms with Gasteiger partial charge >= 0.3 is 0 Å².